The minimum atomic E-state index is -0.748. The van der Waals surface area contributed by atoms with E-state index in [1.54, 1.807) is 14.2 Å². The van der Waals surface area contributed by atoms with E-state index in [1.807, 2.05) is 49.4 Å². The molecule has 0 N–H and O–H groups in total. The molecule has 0 radical (unpaired) electrons. The van der Waals surface area contributed by atoms with E-state index in [-0.39, 0.29) is 17.8 Å². The van der Waals surface area contributed by atoms with Gasteiger partial charge in [0.2, 0.25) is 5.75 Å². The minimum Gasteiger partial charge on any atom is -0.493 e. The monoisotopic (exact) mass is 505 g/mol. The first-order valence-electron chi connectivity index (χ1n) is 12.5. The van der Waals surface area contributed by atoms with Crippen LogP contribution >= 0.6 is 0 Å². The Labute approximate surface area is 218 Å². The third-order valence-electron chi connectivity index (χ3n) is 7.08. The highest BCUT2D eigenvalue weighted by Gasteiger charge is 2.46. The molecule has 0 saturated heterocycles. The fourth-order valence-corrected chi connectivity index (χ4v) is 5.40. The summed E-state index contributed by atoms with van der Waals surface area (Å²) in [6.45, 7) is 6.21. The van der Waals surface area contributed by atoms with Crippen LogP contribution in [-0.4, -0.2) is 45.4 Å². The highest BCUT2D eigenvalue weighted by molar-refractivity contribution is 6.09. The molecule has 2 aromatic carbocycles. The maximum Gasteiger partial charge on any atom is 0.315 e. The van der Waals surface area contributed by atoms with Crippen molar-refractivity contribution in [2.24, 2.45) is 16.3 Å². The van der Waals surface area contributed by atoms with Crippen LogP contribution in [0.3, 0.4) is 0 Å². The lowest BCUT2D eigenvalue weighted by Crippen LogP contribution is -2.39. The summed E-state index contributed by atoms with van der Waals surface area (Å²) in [5.41, 5.74) is 3.54. The molecule has 0 spiro atoms. The average molecular weight is 506 g/mol. The van der Waals surface area contributed by atoms with Gasteiger partial charge in [0, 0.05) is 35.7 Å². The van der Waals surface area contributed by atoms with E-state index in [9.17, 15) is 9.59 Å². The van der Waals surface area contributed by atoms with E-state index in [1.165, 1.54) is 7.11 Å². The molecule has 0 amide bonds. The van der Waals surface area contributed by atoms with Gasteiger partial charge in [-0.15, -0.1) is 0 Å². The van der Waals surface area contributed by atoms with Crippen molar-refractivity contribution < 1.29 is 28.5 Å². The van der Waals surface area contributed by atoms with E-state index >= 15 is 0 Å². The number of nitrogens with zero attached hydrogens (tertiary/aromatic N) is 1. The Morgan fingerprint density at radius 3 is 2.24 bits per heavy atom. The van der Waals surface area contributed by atoms with Crippen molar-refractivity contribution in [3.05, 3.63) is 64.9 Å². The molecule has 7 heteroatoms. The number of rotatable bonds is 8. The Kier molecular flexibility index (Phi) is 7.71. The molecule has 4 rings (SSSR count). The molecule has 1 aliphatic carbocycles. The van der Waals surface area contributed by atoms with Crippen molar-refractivity contribution in [2.75, 3.05) is 27.9 Å². The number of ether oxygens (including phenoxy) is 4. The third kappa shape index (κ3) is 5.41. The Hall–Kier alpha value is -3.61. The van der Waals surface area contributed by atoms with Crippen LogP contribution in [0.25, 0.3) is 0 Å². The second-order valence-electron chi connectivity index (χ2n) is 10.4. The van der Waals surface area contributed by atoms with Gasteiger partial charge in [-0.1, -0.05) is 44.2 Å². The molecule has 0 bridgehead atoms. The number of esters is 1. The zero-order valence-corrected chi connectivity index (χ0v) is 22.4. The predicted octanol–water partition coefficient (Wildman–Crippen LogP) is 5.32. The average Bonchev–Trinajstić information content (AvgIpc) is 2.86. The third-order valence-corrected chi connectivity index (χ3v) is 7.08. The van der Waals surface area contributed by atoms with Crippen molar-refractivity contribution in [1.29, 1.82) is 0 Å². The lowest BCUT2D eigenvalue weighted by Gasteiger charge is -2.39. The highest BCUT2D eigenvalue weighted by atomic mass is 16.5. The Balaban J connectivity index is 1.76. The van der Waals surface area contributed by atoms with E-state index < -0.39 is 17.8 Å². The zero-order chi connectivity index (χ0) is 26.7. The smallest absolute Gasteiger partial charge is 0.315 e. The SMILES string of the molecule is COc1cc([C@H]2C3=C(CC(C)(C)CC3=O)N=C(C)C2C(=O)OCCc2ccccc2)cc(OC)c1OC. The number of carbonyl (C=O) groups is 2. The van der Waals surface area contributed by atoms with Gasteiger partial charge in [0.05, 0.1) is 27.9 Å². The van der Waals surface area contributed by atoms with Gasteiger partial charge in [0.1, 0.15) is 5.92 Å². The molecular weight excluding hydrogens is 470 g/mol. The number of Topliss-reactive ketones (excluding diaryl/α,β-unsaturated/α-hetero) is 1. The van der Waals surface area contributed by atoms with Crippen LogP contribution in [0.2, 0.25) is 0 Å². The number of hydrogen-bond acceptors (Lipinski definition) is 7. The molecule has 2 aliphatic rings. The minimum absolute atomic E-state index is 0.00309. The summed E-state index contributed by atoms with van der Waals surface area (Å²) in [4.78, 5) is 32.0. The molecule has 7 nitrogen and oxygen atoms in total. The molecule has 0 fully saturated rings. The first-order valence-corrected chi connectivity index (χ1v) is 12.5. The Morgan fingerprint density at radius 1 is 1.00 bits per heavy atom. The van der Waals surface area contributed by atoms with E-state index in [4.69, 9.17) is 23.9 Å². The quantitative estimate of drug-likeness (QED) is 0.452. The number of aliphatic imine (C=N–C) groups is 1. The molecule has 0 saturated carbocycles. The van der Waals surface area contributed by atoms with Crippen LogP contribution in [0.1, 0.15) is 50.7 Å². The van der Waals surface area contributed by atoms with Crippen LogP contribution < -0.4 is 14.2 Å². The van der Waals surface area contributed by atoms with Gasteiger partial charge in [0.25, 0.3) is 0 Å². The van der Waals surface area contributed by atoms with Crippen LogP contribution in [0.5, 0.6) is 17.2 Å². The molecule has 2 aromatic rings. The van der Waals surface area contributed by atoms with Gasteiger partial charge >= 0.3 is 5.97 Å². The maximum atomic E-state index is 13.6. The molecule has 1 aliphatic heterocycles. The number of methoxy groups -OCH3 is 3. The summed E-state index contributed by atoms with van der Waals surface area (Å²) in [6.07, 6.45) is 1.64. The molecule has 0 aromatic heterocycles. The summed E-state index contributed by atoms with van der Waals surface area (Å²) in [7, 11) is 4.63. The molecule has 1 unspecified atom stereocenters. The first-order chi connectivity index (χ1) is 17.7. The van der Waals surface area contributed by atoms with Crippen molar-refractivity contribution in [1.82, 2.24) is 0 Å². The number of hydrogen-bond donors (Lipinski definition) is 0. The van der Waals surface area contributed by atoms with Crippen LogP contribution in [-0.2, 0) is 20.7 Å². The van der Waals surface area contributed by atoms with E-state index in [0.717, 1.165) is 11.3 Å². The maximum absolute atomic E-state index is 13.6. The van der Waals surface area contributed by atoms with Crippen LogP contribution in [0.4, 0.5) is 0 Å². The molecule has 2 atom stereocenters. The first kappa shape index (κ1) is 26.5. The van der Waals surface area contributed by atoms with Crippen LogP contribution in [0, 0.1) is 11.3 Å². The van der Waals surface area contributed by atoms with Gasteiger partial charge in [-0.3, -0.25) is 14.6 Å². The van der Waals surface area contributed by atoms with Gasteiger partial charge in [0.15, 0.2) is 17.3 Å². The second kappa shape index (κ2) is 10.8. The summed E-state index contributed by atoms with van der Waals surface area (Å²) >= 11 is 0. The number of ketones is 1. The van der Waals surface area contributed by atoms with Crippen molar-refractivity contribution in [3.8, 4) is 17.2 Å². The second-order valence-corrected chi connectivity index (χ2v) is 10.4. The normalized spacial score (nSPS) is 20.6. The van der Waals surface area contributed by atoms with E-state index in [0.29, 0.717) is 53.4 Å². The number of allylic oxidation sites excluding steroid dienone is 2. The fourth-order valence-electron chi connectivity index (χ4n) is 5.40. The standard InChI is InChI=1S/C30H35NO6/c1-18-25(29(33)37-13-12-19-10-8-7-9-11-19)26(27-21(31-18)16-30(2,3)17-22(27)32)20-14-23(34-4)28(36-6)24(15-20)35-5/h7-11,14-15,25-26H,12-13,16-17H2,1-6H3/t25?,26-/m1/s1. The summed E-state index contributed by atoms with van der Waals surface area (Å²) in [6, 6.07) is 13.5. The topological polar surface area (TPSA) is 83.4 Å². The largest absolute Gasteiger partial charge is 0.493 e. The van der Waals surface area contributed by atoms with Gasteiger partial charge in [-0.25, -0.2) is 0 Å². The van der Waals surface area contributed by atoms with Crippen molar-refractivity contribution >= 4 is 17.5 Å². The number of benzene rings is 2. The fraction of sp³-hybridized carbons (Fsp3) is 0.433. The Bertz CT molecular complexity index is 1220. The summed E-state index contributed by atoms with van der Waals surface area (Å²) in [5, 5.41) is 0. The molecular formula is C30H35NO6. The molecule has 37 heavy (non-hydrogen) atoms. The van der Waals surface area contributed by atoms with Gasteiger partial charge < -0.3 is 18.9 Å². The lowest BCUT2D eigenvalue weighted by atomic mass is 9.67. The molecule has 196 valence electrons. The predicted molar refractivity (Wildman–Crippen MR) is 142 cm³/mol. The highest BCUT2D eigenvalue weighted by Crippen LogP contribution is 2.50. The number of carbonyl (C=O) groups excluding carboxylic acids is 2. The zero-order valence-electron chi connectivity index (χ0n) is 22.4. The Morgan fingerprint density at radius 2 is 1.65 bits per heavy atom. The van der Waals surface area contributed by atoms with Gasteiger partial charge in [-0.05, 0) is 42.0 Å². The summed E-state index contributed by atoms with van der Waals surface area (Å²) in [5.74, 6) is -0.361. The van der Waals surface area contributed by atoms with Crippen molar-refractivity contribution in [2.45, 2.75) is 46.0 Å². The lowest BCUT2D eigenvalue weighted by molar-refractivity contribution is -0.146. The van der Waals surface area contributed by atoms with Crippen molar-refractivity contribution in [3.63, 3.8) is 0 Å². The summed E-state index contributed by atoms with van der Waals surface area (Å²) < 4.78 is 22.5. The van der Waals surface area contributed by atoms with E-state index in [2.05, 4.69) is 13.8 Å². The van der Waals surface area contributed by atoms with Crippen LogP contribution in [0.15, 0.2) is 58.7 Å². The van der Waals surface area contributed by atoms with Gasteiger partial charge in [-0.2, -0.15) is 0 Å². The molecule has 1 heterocycles.